The minimum absolute atomic E-state index is 0.0142. The highest BCUT2D eigenvalue weighted by molar-refractivity contribution is 5.20. The summed E-state index contributed by atoms with van der Waals surface area (Å²) in [5, 5.41) is 9.00. The lowest BCUT2D eigenvalue weighted by Gasteiger charge is -2.28. The van der Waals surface area contributed by atoms with Crippen LogP contribution >= 0.6 is 0 Å². The first kappa shape index (κ1) is 21.4. The number of aliphatic hydroxyl groups is 1. The normalized spacial score (nSPS) is 17.0. The van der Waals surface area contributed by atoms with E-state index in [1.165, 1.54) is 0 Å². The highest BCUT2D eigenvalue weighted by Gasteiger charge is 2.29. The van der Waals surface area contributed by atoms with Crippen molar-refractivity contribution in [2.24, 2.45) is 11.8 Å². The summed E-state index contributed by atoms with van der Waals surface area (Å²) in [5.74, 6) is 7.17. The molecule has 4 nitrogen and oxygen atoms in total. The monoisotopic (exact) mass is 312 g/mol. The second-order valence-electron chi connectivity index (χ2n) is 6.85. The lowest BCUT2D eigenvalue weighted by molar-refractivity contribution is -0.338. The minimum Gasteiger partial charge on any atom is -0.394 e. The van der Waals surface area contributed by atoms with Crippen LogP contribution in [0.4, 0.5) is 0 Å². The molecule has 0 aromatic carbocycles. The smallest absolute Gasteiger partial charge is 0.161 e. The molecule has 0 saturated heterocycles. The van der Waals surface area contributed by atoms with Gasteiger partial charge in [-0.2, -0.15) is 0 Å². The molecule has 1 N–H and O–H groups in total. The van der Waals surface area contributed by atoms with Gasteiger partial charge < -0.3 is 9.84 Å². The first-order valence-corrected chi connectivity index (χ1v) is 7.96. The standard InChI is InChI=1S/C18H32O4/c1-8-21-22-18(7,14-16(4)5)10-9-17(6,13-15(2)3)20-12-11-19/h1,15-16,19H,8,11-14H2,2-7H3. The van der Waals surface area contributed by atoms with Gasteiger partial charge in [0.25, 0.3) is 0 Å². The third kappa shape index (κ3) is 9.42. The fourth-order valence-corrected chi connectivity index (χ4v) is 2.51. The van der Waals surface area contributed by atoms with Crippen LogP contribution in [-0.2, 0) is 14.5 Å². The molecule has 0 spiro atoms. The molecule has 0 aliphatic heterocycles. The predicted molar refractivity (Wildman–Crippen MR) is 87.9 cm³/mol. The first-order valence-electron chi connectivity index (χ1n) is 7.96. The molecule has 0 aliphatic carbocycles. The van der Waals surface area contributed by atoms with Gasteiger partial charge in [0.15, 0.2) is 5.60 Å². The number of ether oxygens (including phenoxy) is 1. The molecular weight excluding hydrogens is 280 g/mol. The van der Waals surface area contributed by atoms with Crippen molar-refractivity contribution in [1.29, 1.82) is 0 Å². The summed E-state index contributed by atoms with van der Waals surface area (Å²) >= 11 is 0. The summed E-state index contributed by atoms with van der Waals surface area (Å²) in [6, 6.07) is 0. The van der Waals surface area contributed by atoms with Crippen LogP contribution in [0.15, 0.2) is 0 Å². The summed E-state index contributed by atoms with van der Waals surface area (Å²) < 4.78 is 5.75. The molecule has 0 aromatic heterocycles. The molecule has 0 aromatic rings. The molecule has 0 bridgehead atoms. The first-order chi connectivity index (χ1) is 10.2. The molecular formula is C18H32O4. The van der Waals surface area contributed by atoms with Crippen LogP contribution in [0.1, 0.15) is 54.4 Å². The summed E-state index contributed by atoms with van der Waals surface area (Å²) in [6.07, 6.45) is 1.49. The van der Waals surface area contributed by atoms with E-state index in [1.54, 1.807) is 0 Å². The van der Waals surface area contributed by atoms with Crippen LogP contribution in [0, 0.1) is 30.6 Å². The fraction of sp³-hybridized carbons (Fsp3) is 0.833. The van der Waals surface area contributed by atoms with Crippen molar-refractivity contribution in [2.45, 2.75) is 65.6 Å². The highest BCUT2D eigenvalue weighted by atomic mass is 17.2. The van der Waals surface area contributed by atoms with Crippen LogP contribution in [0.5, 0.6) is 0 Å². The quantitative estimate of drug-likeness (QED) is 0.382. The van der Waals surface area contributed by atoms with Crippen molar-refractivity contribution in [3.8, 4) is 11.8 Å². The average molecular weight is 312 g/mol. The zero-order chi connectivity index (χ0) is 17.2. The Morgan fingerprint density at radius 1 is 1.00 bits per heavy atom. The Hall–Kier alpha value is -0.600. The van der Waals surface area contributed by atoms with Crippen molar-refractivity contribution >= 4 is 0 Å². The lowest BCUT2D eigenvalue weighted by Crippen LogP contribution is -2.33. The molecule has 2 radical (unpaired) electrons. The Bertz CT molecular complexity index is 324. The lowest BCUT2D eigenvalue weighted by atomic mass is 9.90. The van der Waals surface area contributed by atoms with E-state index >= 15 is 0 Å². The van der Waals surface area contributed by atoms with E-state index in [0.717, 1.165) is 12.8 Å². The average Bonchev–Trinajstić information content (AvgIpc) is 2.40. The van der Waals surface area contributed by atoms with Crippen molar-refractivity contribution in [3.05, 3.63) is 6.92 Å². The molecule has 4 heteroatoms. The minimum atomic E-state index is -0.742. The maximum atomic E-state index is 9.00. The maximum absolute atomic E-state index is 9.00. The van der Waals surface area contributed by atoms with Gasteiger partial charge >= 0.3 is 0 Å². The number of hydrogen-bond acceptors (Lipinski definition) is 4. The third-order valence-electron chi connectivity index (χ3n) is 3.01. The number of rotatable bonds is 10. The Morgan fingerprint density at radius 2 is 1.50 bits per heavy atom. The molecule has 0 rings (SSSR count). The van der Waals surface area contributed by atoms with E-state index in [1.807, 2.05) is 13.8 Å². The molecule has 2 unspecified atom stereocenters. The Labute approximate surface area is 136 Å². The van der Waals surface area contributed by atoms with Gasteiger partial charge in [0, 0.05) is 0 Å². The second kappa shape index (κ2) is 10.2. The van der Waals surface area contributed by atoms with E-state index in [2.05, 4.69) is 39.5 Å². The molecule has 128 valence electrons. The van der Waals surface area contributed by atoms with Crippen molar-refractivity contribution in [1.82, 2.24) is 0 Å². The summed E-state index contributed by atoms with van der Waals surface area (Å²) in [5.41, 5.74) is -1.37. The SMILES string of the molecule is [CH]COOC(C)(C#CC(C)(CC(C)C)OCCO)CC(C)C. The van der Waals surface area contributed by atoms with E-state index in [0.29, 0.717) is 11.8 Å². The predicted octanol–water partition coefficient (Wildman–Crippen LogP) is 3.27. The number of aliphatic hydroxyl groups excluding tert-OH is 1. The zero-order valence-electron chi connectivity index (χ0n) is 14.9. The van der Waals surface area contributed by atoms with Gasteiger partial charge in [-0.3, -0.25) is 0 Å². The van der Waals surface area contributed by atoms with Crippen LogP contribution in [-0.4, -0.2) is 36.1 Å². The summed E-state index contributed by atoms with van der Waals surface area (Å²) in [7, 11) is 0. The van der Waals surface area contributed by atoms with Gasteiger partial charge in [0.2, 0.25) is 0 Å². The summed E-state index contributed by atoms with van der Waals surface area (Å²) in [6.45, 7) is 17.8. The van der Waals surface area contributed by atoms with Gasteiger partial charge in [-0.25, -0.2) is 9.78 Å². The second-order valence-corrected chi connectivity index (χ2v) is 6.85. The zero-order valence-corrected chi connectivity index (χ0v) is 14.9. The Balaban J connectivity index is 5.20. The van der Waals surface area contributed by atoms with Crippen molar-refractivity contribution < 1.29 is 19.6 Å². The molecule has 0 amide bonds. The topological polar surface area (TPSA) is 47.9 Å². The molecule has 22 heavy (non-hydrogen) atoms. The molecule has 0 aliphatic rings. The van der Waals surface area contributed by atoms with Gasteiger partial charge in [0.1, 0.15) is 5.60 Å². The molecule has 0 fully saturated rings. The summed E-state index contributed by atoms with van der Waals surface area (Å²) in [4.78, 5) is 10.3. The fourth-order valence-electron chi connectivity index (χ4n) is 2.51. The van der Waals surface area contributed by atoms with Gasteiger partial charge in [-0.05, 0) is 45.4 Å². The number of hydrogen-bond donors (Lipinski definition) is 1. The molecule has 0 heterocycles. The Kier molecular flexibility index (Phi) is 9.95. The molecule has 0 saturated carbocycles. The largest absolute Gasteiger partial charge is 0.394 e. The van der Waals surface area contributed by atoms with E-state index in [-0.39, 0.29) is 19.8 Å². The van der Waals surface area contributed by atoms with Crippen molar-refractivity contribution in [3.63, 3.8) is 0 Å². The van der Waals surface area contributed by atoms with Crippen LogP contribution in [0.2, 0.25) is 0 Å². The molecule has 2 atom stereocenters. The highest BCUT2D eigenvalue weighted by Crippen LogP contribution is 2.24. The van der Waals surface area contributed by atoms with Crippen LogP contribution in [0.3, 0.4) is 0 Å². The van der Waals surface area contributed by atoms with Crippen LogP contribution < -0.4 is 0 Å². The van der Waals surface area contributed by atoms with E-state index < -0.39 is 11.2 Å². The van der Waals surface area contributed by atoms with E-state index in [9.17, 15) is 0 Å². The van der Waals surface area contributed by atoms with Crippen molar-refractivity contribution in [2.75, 3.05) is 19.8 Å². The maximum Gasteiger partial charge on any atom is 0.161 e. The van der Waals surface area contributed by atoms with Gasteiger partial charge in [-0.1, -0.05) is 39.5 Å². The van der Waals surface area contributed by atoms with Crippen LogP contribution in [0.25, 0.3) is 0 Å². The van der Waals surface area contributed by atoms with Gasteiger partial charge in [-0.15, -0.1) is 0 Å². The third-order valence-corrected chi connectivity index (χ3v) is 3.01. The Morgan fingerprint density at radius 3 is 1.95 bits per heavy atom. The van der Waals surface area contributed by atoms with Gasteiger partial charge in [0.05, 0.1) is 19.8 Å². The van der Waals surface area contributed by atoms with E-state index in [4.69, 9.17) is 26.5 Å².